The predicted octanol–water partition coefficient (Wildman–Crippen LogP) is 1.10. The van der Waals surface area contributed by atoms with Crippen molar-refractivity contribution in [2.24, 2.45) is 0 Å². The summed E-state index contributed by atoms with van der Waals surface area (Å²) < 4.78 is 0. The van der Waals surface area contributed by atoms with Crippen LogP contribution in [0, 0.1) is 0 Å². The van der Waals surface area contributed by atoms with Crippen LogP contribution < -0.4 is 16.0 Å². The van der Waals surface area contributed by atoms with Crippen LogP contribution in [-0.2, 0) is 32.0 Å². The van der Waals surface area contributed by atoms with Crippen molar-refractivity contribution in [1.29, 1.82) is 0 Å². The van der Waals surface area contributed by atoms with Crippen molar-refractivity contribution >= 4 is 24.0 Å². The summed E-state index contributed by atoms with van der Waals surface area (Å²) in [5, 5.41) is 8.30. The molecular weight excluding hydrogens is 432 g/mol. The Kier molecular flexibility index (Phi) is 11.5. The zero-order valence-electron chi connectivity index (χ0n) is 19.8. The van der Waals surface area contributed by atoms with Crippen LogP contribution in [0.3, 0.4) is 0 Å². The van der Waals surface area contributed by atoms with Gasteiger partial charge in [-0.05, 0) is 31.0 Å². The topological polar surface area (TPSA) is 108 Å². The maximum absolute atomic E-state index is 13.2. The number of hydrogen-bond acceptors (Lipinski definition) is 5. The summed E-state index contributed by atoms with van der Waals surface area (Å²) in [6.07, 6.45) is 2.05. The van der Waals surface area contributed by atoms with E-state index >= 15 is 0 Å². The number of benzene rings is 2. The van der Waals surface area contributed by atoms with E-state index in [1.807, 2.05) is 67.6 Å². The zero-order chi connectivity index (χ0) is 24.8. The molecule has 0 saturated heterocycles. The minimum absolute atomic E-state index is 0.135. The van der Waals surface area contributed by atoms with Crippen molar-refractivity contribution in [2.75, 3.05) is 26.7 Å². The van der Waals surface area contributed by atoms with Crippen molar-refractivity contribution in [1.82, 2.24) is 20.9 Å². The second kappa shape index (κ2) is 14.6. The minimum atomic E-state index is -0.863. The van der Waals surface area contributed by atoms with Crippen molar-refractivity contribution in [3.63, 3.8) is 0 Å². The van der Waals surface area contributed by atoms with E-state index in [0.717, 1.165) is 11.1 Å². The summed E-state index contributed by atoms with van der Waals surface area (Å²) in [5.41, 5.74) is 1.89. The zero-order valence-corrected chi connectivity index (χ0v) is 19.8. The molecule has 3 N–H and O–H groups in total. The van der Waals surface area contributed by atoms with E-state index in [1.165, 1.54) is 4.90 Å². The normalized spacial score (nSPS) is 12.3. The van der Waals surface area contributed by atoms with E-state index in [0.29, 0.717) is 25.7 Å². The first-order valence-corrected chi connectivity index (χ1v) is 11.5. The van der Waals surface area contributed by atoms with Crippen LogP contribution in [0.15, 0.2) is 60.7 Å². The molecule has 0 radical (unpaired) electrons. The van der Waals surface area contributed by atoms with Crippen LogP contribution in [0.5, 0.6) is 0 Å². The summed E-state index contributed by atoms with van der Waals surface area (Å²) in [7, 11) is 1.73. The Morgan fingerprint density at radius 2 is 1.47 bits per heavy atom. The predicted molar refractivity (Wildman–Crippen MR) is 131 cm³/mol. The number of aldehydes is 1. The highest BCUT2D eigenvalue weighted by atomic mass is 16.2. The van der Waals surface area contributed by atoms with Crippen molar-refractivity contribution in [2.45, 2.75) is 38.3 Å². The van der Waals surface area contributed by atoms with E-state index in [2.05, 4.69) is 16.0 Å². The van der Waals surface area contributed by atoms with Crippen LogP contribution in [0.25, 0.3) is 0 Å². The van der Waals surface area contributed by atoms with Gasteiger partial charge in [-0.3, -0.25) is 14.4 Å². The fourth-order valence-corrected chi connectivity index (χ4v) is 3.66. The molecule has 8 nitrogen and oxygen atoms in total. The lowest BCUT2D eigenvalue weighted by Gasteiger charge is -2.27. The molecule has 0 aliphatic carbocycles. The van der Waals surface area contributed by atoms with Crippen molar-refractivity contribution < 1.29 is 19.2 Å². The molecule has 0 aliphatic heterocycles. The van der Waals surface area contributed by atoms with Gasteiger partial charge in [-0.15, -0.1) is 0 Å². The number of rotatable bonds is 14. The SMILES string of the molecule is CCCN(CC(=O)NC(Cc1ccccc1)C(=O)NCC=O)C(=O)C(Cc1ccccc1)NC. The lowest BCUT2D eigenvalue weighted by molar-refractivity contribution is -0.138. The Morgan fingerprint density at radius 1 is 0.912 bits per heavy atom. The third-order valence-corrected chi connectivity index (χ3v) is 5.36. The van der Waals surface area contributed by atoms with Gasteiger partial charge in [0.25, 0.3) is 0 Å². The average molecular weight is 467 g/mol. The van der Waals surface area contributed by atoms with Crippen LogP contribution in [0.1, 0.15) is 24.5 Å². The van der Waals surface area contributed by atoms with Crippen LogP contribution in [0.4, 0.5) is 0 Å². The Hall–Kier alpha value is -3.52. The fraction of sp³-hybridized carbons (Fsp3) is 0.385. The van der Waals surface area contributed by atoms with E-state index in [-0.39, 0.29) is 25.4 Å². The summed E-state index contributed by atoms with van der Waals surface area (Å²) in [5.74, 6) is -1.05. The number of carbonyl (C=O) groups excluding carboxylic acids is 4. The molecule has 2 aromatic rings. The Bertz CT molecular complexity index is 921. The first-order chi connectivity index (χ1) is 16.5. The molecule has 0 aliphatic rings. The standard InChI is InChI=1S/C26H34N4O4/c1-3-15-30(26(34)23(27-2)18-21-12-8-5-9-13-21)19-24(32)29-22(25(33)28-14-16-31)17-20-10-6-4-7-11-20/h4-13,16,22-23,27H,3,14-15,17-19H2,1-2H3,(H,28,33)(H,29,32). The highest BCUT2D eigenvalue weighted by Crippen LogP contribution is 2.08. The average Bonchev–Trinajstić information content (AvgIpc) is 2.86. The van der Waals surface area contributed by atoms with E-state index in [9.17, 15) is 19.2 Å². The second-order valence-corrected chi connectivity index (χ2v) is 8.01. The molecule has 2 rings (SSSR count). The fourth-order valence-electron chi connectivity index (χ4n) is 3.66. The van der Waals surface area contributed by atoms with Crippen LogP contribution in [0.2, 0.25) is 0 Å². The molecule has 0 aromatic heterocycles. The molecular formula is C26H34N4O4. The number of nitrogens with zero attached hydrogens (tertiary/aromatic N) is 1. The number of amides is 3. The highest BCUT2D eigenvalue weighted by Gasteiger charge is 2.27. The molecule has 34 heavy (non-hydrogen) atoms. The number of carbonyl (C=O) groups is 4. The van der Waals surface area contributed by atoms with Crippen LogP contribution in [-0.4, -0.2) is 67.7 Å². The maximum Gasteiger partial charge on any atom is 0.243 e. The van der Waals surface area contributed by atoms with Gasteiger partial charge in [0.05, 0.1) is 19.1 Å². The Morgan fingerprint density at radius 3 is 1.97 bits per heavy atom. The molecule has 182 valence electrons. The molecule has 8 heteroatoms. The van der Waals surface area contributed by atoms with Gasteiger partial charge in [-0.2, -0.15) is 0 Å². The third kappa shape index (κ3) is 8.78. The first kappa shape index (κ1) is 26.7. The summed E-state index contributed by atoms with van der Waals surface area (Å²) >= 11 is 0. The van der Waals surface area contributed by atoms with E-state index < -0.39 is 23.9 Å². The Balaban J connectivity index is 2.08. The van der Waals surface area contributed by atoms with Gasteiger partial charge in [0.1, 0.15) is 12.3 Å². The smallest absolute Gasteiger partial charge is 0.243 e. The molecule has 0 heterocycles. The Labute approximate surface area is 201 Å². The van der Waals surface area contributed by atoms with Gasteiger partial charge in [0, 0.05) is 13.0 Å². The van der Waals surface area contributed by atoms with Crippen LogP contribution >= 0.6 is 0 Å². The van der Waals surface area contributed by atoms with Crippen molar-refractivity contribution in [3.05, 3.63) is 71.8 Å². The van der Waals surface area contributed by atoms with Gasteiger partial charge < -0.3 is 25.6 Å². The molecule has 2 aromatic carbocycles. The molecule has 0 saturated carbocycles. The second-order valence-electron chi connectivity index (χ2n) is 8.01. The summed E-state index contributed by atoms with van der Waals surface area (Å²) in [4.78, 5) is 50.9. The molecule has 2 unspecified atom stereocenters. The van der Waals surface area contributed by atoms with Gasteiger partial charge >= 0.3 is 0 Å². The first-order valence-electron chi connectivity index (χ1n) is 11.5. The number of hydrogen-bond donors (Lipinski definition) is 3. The lowest BCUT2D eigenvalue weighted by atomic mass is 10.0. The van der Waals surface area contributed by atoms with Crippen molar-refractivity contribution in [3.8, 4) is 0 Å². The number of likely N-dealkylation sites (N-methyl/N-ethyl adjacent to an activating group) is 1. The van der Waals surface area contributed by atoms with E-state index in [1.54, 1.807) is 7.05 Å². The largest absolute Gasteiger partial charge is 0.348 e. The van der Waals surface area contributed by atoms with E-state index in [4.69, 9.17) is 0 Å². The molecule has 3 amide bonds. The molecule has 2 atom stereocenters. The van der Waals surface area contributed by atoms with Gasteiger partial charge in [-0.1, -0.05) is 67.6 Å². The third-order valence-electron chi connectivity index (χ3n) is 5.36. The highest BCUT2D eigenvalue weighted by molar-refractivity contribution is 5.91. The maximum atomic E-state index is 13.2. The minimum Gasteiger partial charge on any atom is -0.348 e. The summed E-state index contributed by atoms with van der Waals surface area (Å²) in [6.45, 7) is 2.06. The van der Waals surface area contributed by atoms with Gasteiger partial charge in [0.2, 0.25) is 17.7 Å². The molecule has 0 fully saturated rings. The van der Waals surface area contributed by atoms with Gasteiger partial charge in [-0.25, -0.2) is 0 Å². The molecule has 0 spiro atoms. The molecule has 0 bridgehead atoms. The lowest BCUT2D eigenvalue weighted by Crippen LogP contribution is -2.53. The van der Waals surface area contributed by atoms with Gasteiger partial charge in [0.15, 0.2) is 0 Å². The number of nitrogens with one attached hydrogen (secondary N) is 3. The summed E-state index contributed by atoms with van der Waals surface area (Å²) in [6, 6.07) is 17.6. The quantitative estimate of drug-likeness (QED) is 0.362. The monoisotopic (exact) mass is 466 g/mol.